The van der Waals surface area contributed by atoms with Gasteiger partial charge in [0.05, 0.1) is 16.7 Å². The minimum Gasteiger partial charge on any atom is -0.378 e. The summed E-state index contributed by atoms with van der Waals surface area (Å²) in [6.07, 6.45) is 4.57. The van der Waals surface area contributed by atoms with Crippen LogP contribution in [0.3, 0.4) is 0 Å². The number of nitro benzene ring substituents is 1. The zero-order valence-electron chi connectivity index (χ0n) is 11.6. The SMILES string of the molecule is Cc1cc(NC(CN)C2CCCC2)c(F)cc1[N+](=O)[O-]. The average molecular weight is 281 g/mol. The van der Waals surface area contributed by atoms with E-state index in [2.05, 4.69) is 5.32 Å². The molecule has 0 saturated heterocycles. The van der Waals surface area contributed by atoms with E-state index in [1.807, 2.05) is 0 Å². The van der Waals surface area contributed by atoms with Crippen LogP contribution in [0, 0.1) is 28.8 Å². The Bertz CT molecular complexity index is 501. The van der Waals surface area contributed by atoms with Crippen molar-refractivity contribution in [1.82, 2.24) is 0 Å². The fraction of sp³-hybridized carbons (Fsp3) is 0.571. The third-order valence-electron chi connectivity index (χ3n) is 4.05. The summed E-state index contributed by atoms with van der Waals surface area (Å²) in [5, 5.41) is 13.9. The zero-order chi connectivity index (χ0) is 14.7. The highest BCUT2D eigenvalue weighted by Gasteiger charge is 2.25. The number of nitrogens with zero attached hydrogens (tertiary/aromatic N) is 1. The van der Waals surface area contributed by atoms with Crippen molar-refractivity contribution in [2.75, 3.05) is 11.9 Å². The van der Waals surface area contributed by atoms with Crippen LogP contribution in [-0.2, 0) is 0 Å². The van der Waals surface area contributed by atoms with Crippen molar-refractivity contribution in [2.45, 2.75) is 38.6 Å². The van der Waals surface area contributed by atoms with E-state index >= 15 is 0 Å². The Kier molecular flexibility index (Phi) is 4.54. The molecular formula is C14H20FN3O2. The Hall–Kier alpha value is -1.69. The number of hydrogen-bond donors (Lipinski definition) is 2. The molecule has 1 unspecified atom stereocenters. The van der Waals surface area contributed by atoms with E-state index in [1.165, 1.54) is 18.9 Å². The molecule has 0 heterocycles. The maximum absolute atomic E-state index is 14.0. The second kappa shape index (κ2) is 6.17. The molecule has 0 radical (unpaired) electrons. The molecule has 1 atom stereocenters. The van der Waals surface area contributed by atoms with Gasteiger partial charge < -0.3 is 11.1 Å². The molecule has 1 saturated carbocycles. The smallest absolute Gasteiger partial charge is 0.275 e. The molecule has 1 aliphatic rings. The van der Waals surface area contributed by atoms with Crippen LogP contribution in [0.1, 0.15) is 31.2 Å². The van der Waals surface area contributed by atoms with E-state index in [4.69, 9.17) is 5.73 Å². The molecule has 6 heteroatoms. The third-order valence-corrected chi connectivity index (χ3v) is 4.05. The number of nitrogens with one attached hydrogen (secondary N) is 1. The first-order chi connectivity index (χ1) is 9.52. The lowest BCUT2D eigenvalue weighted by molar-refractivity contribution is -0.385. The fourth-order valence-electron chi connectivity index (χ4n) is 2.91. The number of rotatable bonds is 5. The van der Waals surface area contributed by atoms with Gasteiger partial charge in [-0.25, -0.2) is 4.39 Å². The van der Waals surface area contributed by atoms with Crippen molar-refractivity contribution >= 4 is 11.4 Å². The van der Waals surface area contributed by atoms with E-state index in [0.717, 1.165) is 18.9 Å². The van der Waals surface area contributed by atoms with Crippen molar-refractivity contribution in [3.8, 4) is 0 Å². The van der Waals surface area contributed by atoms with Gasteiger partial charge in [0, 0.05) is 18.2 Å². The van der Waals surface area contributed by atoms with Crippen LogP contribution in [-0.4, -0.2) is 17.5 Å². The topological polar surface area (TPSA) is 81.2 Å². The van der Waals surface area contributed by atoms with Gasteiger partial charge in [0.1, 0.15) is 0 Å². The quantitative estimate of drug-likeness (QED) is 0.642. The normalized spacial score (nSPS) is 17.1. The number of halogens is 1. The molecule has 0 aliphatic heterocycles. The van der Waals surface area contributed by atoms with Crippen LogP contribution in [0.15, 0.2) is 12.1 Å². The van der Waals surface area contributed by atoms with Crippen LogP contribution in [0.4, 0.5) is 15.8 Å². The molecule has 2 rings (SSSR count). The maximum atomic E-state index is 14.0. The first-order valence-corrected chi connectivity index (χ1v) is 6.94. The molecule has 1 aromatic rings. The molecule has 0 spiro atoms. The van der Waals surface area contributed by atoms with Gasteiger partial charge in [-0.1, -0.05) is 12.8 Å². The molecular weight excluding hydrogens is 261 g/mol. The van der Waals surface area contributed by atoms with E-state index < -0.39 is 10.7 Å². The van der Waals surface area contributed by atoms with E-state index in [0.29, 0.717) is 23.7 Å². The summed E-state index contributed by atoms with van der Waals surface area (Å²) in [6, 6.07) is 2.48. The summed E-state index contributed by atoms with van der Waals surface area (Å²) in [5.41, 5.74) is 6.32. The van der Waals surface area contributed by atoms with Gasteiger partial charge in [-0.15, -0.1) is 0 Å². The lowest BCUT2D eigenvalue weighted by Gasteiger charge is -2.24. The Morgan fingerprint density at radius 3 is 2.70 bits per heavy atom. The standard InChI is InChI=1S/C14H20FN3O2/c1-9-6-12(11(15)7-14(9)18(19)20)17-13(8-16)10-4-2-3-5-10/h6-7,10,13,17H,2-5,8,16H2,1H3. The maximum Gasteiger partial charge on any atom is 0.275 e. The largest absolute Gasteiger partial charge is 0.378 e. The monoisotopic (exact) mass is 281 g/mol. The molecule has 20 heavy (non-hydrogen) atoms. The lowest BCUT2D eigenvalue weighted by Crippen LogP contribution is -2.35. The molecule has 1 fully saturated rings. The predicted molar refractivity (Wildman–Crippen MR) is 76.2 cm³/mol. The highest BCUT2D eigenvalue weighted by atomic mass is 19.1. The zero-order valence-corrected chi connectivity index (χ0v) is 11.6. The summed E-state index contributed by atoms with van der Waals surface area (Å²) < 4.78 is 14.0. The number of nitro groups is 1. The highest BCUT2D eigenvalue weighted by molar-refractivity contribution is 5.55. The van der Waals surface area contributed by atoms with Gasteiger partial charge >= 0.3 is 0 Å². The van der Waals surface area contributed by atoms with Crippen LogP contribution >= 0.6 is 0 Å². The summed E-state index contributed by atoms with van der Waals surface area (Å²) in [5.74, 6) is -0.145. The van der Waals surface area contributed by atoms with E-state index in [9.17, 15) is 14.5 Å². The lowest BCUT2D eigenvalue weighted by atomic mass is 9.97. The molecule has 110 valence electrons. The van der Waals surface area contributed by atoms with E-state index in [-0.39, 0.29) is 11.7 Å². The third kappa shape index (κ3) is 3.07. The van der Waals surface area contributed by atoms with Crippen LogP contribution in [0.25, 0.3) is 0 Å². The first kappa shape index (κ1) is 14.7. The van der Waals surface area contributed by atoms with Crippen molar-refractivity contribution < 1.29 is 9.31 Å². The molecule has 1 aliphatic carbocycles. The number of benzene rings is 1. The van der Waals surface area contributed by atoms with Gasteiger partial charge in [0.15, 0.2) is 5.82 Å². The predicted octanol–water partition coefficient (Wildman–Crippen LogP) is 2.97. The van der Waals surface area contributed by atoms with Gasteiger partial charge in [-0.05, 0) is 31.7 Å². The van der Waals surface area contributed by atoms with Crippen molar-refractivity contribution in [3.05, 3.63) is 33.6 Å². The number of aryl methyl sites for hydroxylation is 1. The van der Waals surface area contributed by atoms with Crippen molar-refractivity contribution in [2.24, 2.45) is 11.7 Å². The number of hydrogen-bond acceptors (Lipinski definition) is 4. The molecule has 3 N–H and O–H groups in total. The van der Waals surface area contributed by atoms with Gasteiger partial charge in [0.25, 0.3) is 5.69 Å². The Labute approximate surface area is 117 Å². The van der Waals surface area contributed by atoms with Gasteiger partial charge in [-0.2, -0.15) is 0 Å². The molecule has 0 aromatic heterocycles. The number of anilines is 1. The number of nitrogens with two attached hydrogens (primary N) is 1. The first-order valence-electron chi connectivity index (χ1n) is 6.94. The molecule has 0 amide bonds. The molecule has 0 bridgehead atoms. The Balaban J connectivity index is 2.19. The van der Waals surface area contributed by atoms with Crippen LogP contribution in [0.2, 0.25) is 0 Å². The average Bonchev–Trinajstić information content (AvgIpc) is 2.92. The minimum atomic E-state index is -0.598. The summed E-state index contributed by atoms with van der Waals surface area (Å²) in [6.45, 7) is 2.04. The summed E-state index contributed by atoms with van der Waals surface area (Å²) in [4.78, 5) is 10.2. The van der Waals surface area contributed by atoms with E-state index in [1.54, 1.807) is 6.92 Å². The molecule has 5 nitrogen and oxygen atoms in total. The second-order valence-corrected chi connectivity index (χ2v) is 5.41. The summed E-state index contributed by atoms with van der Waals surface area (Å²) in [7, 11) is 0. The summed E-state index contributed by atoms with van der Waals surface area (Å²) >= 11 is 0. The fourth-order valence-corrected chi connectivity index (χ4v) is 2.91. The van der Waals surface area contributed by atoms with Crippen LogP contribution in [0.5, 0.6) is 0 Å². The van der Waals surface area contributed by atoms with Gasteiger partial charge in [0.2, 0.25) is 0 Å². The Morgan fingerprint density at radius 1 is 1.50 bits per heavy atom. The second-order valence-electron chi connectivity index (χ2n) is 5.41. The van der Waals surface area contributed by atoms with Gasteiger partial charge in [-0.3, -0.25) is 10.1 Å². The minimum absolute atomic E-state index is 0.0212. The van der Waals surface area contributed by atoms with Crippen LogP contribution < -0.4 is 11.1 Å². The van der Waals surface area contributed by atoms with Crippen molar-refractivity contribution in [3.63, 3.8) is 0 Å². The Morgan fingerprint density at radius 2 is 2.15 bits per heavy atom. The highest BCUT2D eigenvalue weighted by Crippen LogP contribution is 2.31. The van der Waals surface area contributed by atoms with Crippen molar-refractivity contribution in [1.29, 1.82) is 0 Å². The molecule has 1 aromatic carbocycles.